The molecule has 0 amide bonds. The van der Waals surface area contributed by atoms with E-state index in [1.807, 2.05) is 24.5 Å². The second-order valence-electron chi connectivity index (χ2n) is 6.87. The number of nitrogens with zero attached hydrogens (tertiary/aromatic N) is 3. The van der Waals surface area contributed by atoms with Crippen molar-refractivity contribution >= 4 is 29.9 Å². The fourth-order valence-electron chi connectivity index (χ4n) is 3.23. The maximum absolute atomic E-state index is 5.46. The zero-order valence-electron chi connectivity index (χ0n) is 17.8. The molecule has 0 radical (unpaired) electrons. The van der Waals surface area contributed by atoms with Crippen molar-refractivity contribution in [3.63, 3.8) is 0 Å². The molecule has 0 aliphatic carbocycles. The van der Waals surface area contributed by atoms with Crippen LogP contribution in [0.5, 0.6) is 5.75 Å². The summed E-state index contributed by atoms with van der Waals surface area (Å²) in [5, 5.41) is 6.72. The van der Waals surface area contributed by atoms with Gasteiger partial charge in [0.15, 0.2) is 5.96 Å². The van der Waals surface area contributed by atoms with E-state index in [9.17, 15) is 0 Å². The summed E-state index contributed by atoms with van der Waals surface area (Å²) < 4.78 is 7.60. The number of guanidine groups is 1. The molecule has 2 aromatic carbocycles. The first-order valence-corrected chi connectivity index (χ1v) is 9.81. The van der Waals surface area contributed by atoms with Gasteiger partial charge in [-0.1, -0.05) is 48.0 Å². The Morgan fingerprint density at radius 1 is 1.13 bits per heavy atom. The average molecular weight is 519 g/mol. The zero-order valence-corrected chi connectivity index (χ0v) is 20.1. The lowest BCUT2D eigenvalue weighted by Gasteiger charge is -2.14. The number of aromatic nitrogens is 2. The van der Waals surface area contributed by atoms with Gasteiger partial charge in [-0.3, -0.25) is 4.99 Å². The number of halogens is 1. The average Bonchev–Trinajstić information content (AvgIpc) is 3.18. The molecule has 7 heteroatoms. The van der Waals surface area contributed by atoms with Crippen molar-refractivity contribution in [2.45, 2.75) is 26.4 Å². The SMILES string of the molecule is CN=C(NCCc1cc(C)ccc1OC)NCc1nccn1Cc1ccccc1.I. The van der Waals surface area contributed by atoms with Crippen LogP contribution in [0.4, 0.5) is 0 Å². The predicted molar refractivity (Wildman–Crippen MR) is 133 cm³/mol. The number of rotatable bonds is 8. The Balaban J connectivity index is 0.00000320. The number of aryl methyl sites for hydroxylation is 1. The first kappa shape index (κ1) is 23.7. The molecule has 0 aliphatic heterocycles. The summed E-state index contributed by atoms with van der Waals surface area (Å²) >= 11 is 0. The Morgan fingerprint density at radius 3 is 2.67 bits per heavy atom. The van der Waals surface area contributed by atoms with Gasteiger partial charge in [-0.05, 0) is 30.5 Å². The molecule has 0 spiro atoms. The summed E-state index contributed by atoms with van der Waals surface area (Å²) in [5.41, 5.74) is 3.67. The summed E-state index contributed by atoms with van der Waals surface area (Å²) in [6, 6.07) is 16.6. The molecule has 6 nitrogen and oxygen atoms in total. The predicted octanol–water partition coefficient (Wildman–Crippen LogP) is 3.77. The number of hydrogen-bond donors (Lipinski definition) is 2. The molecule has 0 unspecified atom stereocenters. The molecule has 0 saturated heterocycles. The van der Waals surface area contributed by atoms with Crippen LogP contribution in [0.15, 0.2) is 65.9 Å². The van der Waals surface area contributed by atoms with Gasteiger partial charge in [0, 0.05) is 32.5 Å². The van der Waals surface area contributed by atoms with E-state index in [1.54, 1.807) is 14.2 Å². The van der Waals surface area contributed by atoms with Gasteiger partial charge < -0.3 is 19.9 Å². The number of nitrogens with one attached hydrogen (secondary N) is 2. The van der Waals surface area contributed by atoms with Crippen molar-refractivity contribution in [2.24, 2.45) is 4.99 Å². The molecule has 160 valence electrons. The minimum atomic E-state index is 0. The topological polar surface area (TPSA) is 63.5 Å². The standard InChI is InChI=1S/C23H29N5O.HI/c1-18-9-10-21(29-3)20(15-18)11-12-26-23(24-2)27-16-22-25-13-14-28(22)17-19-7-5-4-6-8-19;/h4-10,13-15H,11-12,16-17H2,1-3H3,(H2,24,26,27);1H. The van der Waals surface area contributed by atoms with Crippen molar-refractivity contribution in [1.29, 1.82) is 0 Å². The lowest BCUT2D eigenvalue weighted by Crippen LogP contribution is -2.38. The maximum atomic E-state index is 5.46. The molecule has 1 heterocycles. The Bertz CT molecular complexity index is 940. The smallest absolute Gasteiger partial charge is 0.191 e. The summed E-state index contributed by atoms with van der Waals surface area (Å²) in [5.74, 6) is 2.64. The second kappa shape index (κ2) is 12.2. The van der Waals surface area contributed by atoms with E-state index >= 15 is 0 Å². The Hall–Kier alpha value is -2.55. The minimum Gasteiger partial charge on any atom is -0.496 e. The van der Waals surface area contributed by atoms with Crippen LogP contribution >= 0.6 is 24.0 Å². The van der Waals surface area contributed by atoms with Gasteiger partial charge in [0.2, 0.25) is 0 Å². The molecule has 0 fully saturated rings. The van der Waals surface area contributed by atoms with E-state index in [4.69, 9.17) is 4.74 Å². The molecule has 0 atom stereocenters. The summed E-state index contributed by atoms with van der Waals surface area (Å²) in [6.07, 6.45) is 4.69. The molecule has 2 N–H and O–H groups in total. The third-order valence-electron chi connectivity index (χ3n) is 4.76. The van der Waals surface area contributed by atoms with Gasteiger partial charge in [-0.2, -0.15) is 0 Å². The van der Waals surface area contributed by atoms with Gasteiger partial charge in [-0.25, -0.2) is 4.98 Å². The highest BCUT2D eigenvalue weighted by Gasteiger charge is 2.07. The molecule has 0 saturated carbocycles. The first-order chi connectivity index (χ1) is 14.2. The van der Waals surface area contributed by atoms with E-state index in [-0.39, 0.29) is 24.0 Å². The number of ether oxygens (including phenoxy) is 1. The lowest BCUT2D eigenvalue weighted by atomic mass is 10.1. The van der Waals surface area contributed by atoms with Crippen molar-refractivity contribution < 1.29 is 4.74 Å². The van der Waals surface area contributed by atoms with Gasteiger partial charge in [-0.15, -0.1) is 24.0 Å². The third kappa shape index (κ3) is 6.76. The largest absolute Gasteiger partial charge is 0.496 e. The Kier molecular flexibility index (Phi) is 9.66. The van der Waals surface area contributed by atoms with E-state index in [1.165, 1.54) is 16.7 Å². The van der Waals surface area contributed by atoms with Gasteiger partial charge >= 0.3 is 0 Å². The van der Waals surface area contributed by atoms with Gasteiger partial charge in [0.25, 0.3) is 0 Å². The van der Waals surface area contributed by atoms with Gasteiger partial charge in [0.05, 0.1) is 13.7 Å². The van der Waals surface area contributed by atoms with Crippen molar-refractivity contribution in [3.05, 3.63) is 83.4 Å². The molecule has 1 aromatic heterocycles. The van der Waals surface area contributed by atoms with Crippen LogP contribution in [-0.2, 0) is 19.5 Å². The fourth-order valence-corrected chi connectivity index (χ4v) is 3.23. The number of imidazole rings is 1. The molecular formula is C23H30IN5O. The monoisotopic (exact) mass is 519 g/mol. The van der Waals surface area contributed by atoms with Crippen LogP contribution in [0.1, 0.15) is 22.5 Å². The lowest BCUT2D eigenvalue weighted by molar-refractivity contribution is 0.409. The Morgan fingerprint density at radius 2 is 1.93 bits per heavy atom. The van der Waals surface area contributed by atoms with Crippen molar-refractivity contribution in [2.75, 3.05) is 20.7 Å². The number of hydrogen-bond acceptors (Lipinski definition) is 3. The summed E-state index contributed by atoms with van der Waals surface area (Å²) in [6.45, 7) is 4.26. The highest BCUT2D eigenvalue weighted by Crippen LogP contribution is 2.19. The van der Waals surface area contributed by atoms with Crippen LogP contribution in [0.3, 0.4) is 0 Å². The first-order valence-electron chi connectivity index (χ1n) is 9.81. The maximum Gasteiger partial charge on any atom is 0.191 e. The molecule has 3 aromatic rings. The highest BCUT2D eigenvalue weighted by molar-refractivity contribution is 14.0. The fraction of sp³-hybridized carbons (Fsp3) is 0.304. The summed E-state index contributed by atoms with van der Waals surface area (Å²) in [4.78, 5) is 8.80. The van der Waals surface area contributed by atoms with Crippen LogP contribution in [-0.4, -0.2) is 36.2 Å². The quantitative estimate of drug-likeness (QED) is 0.270. The van der Waals surface area contributed by atoms with Crippen LogP contribution in [0.2, 0.25) is 0 Å². The van der Waals surface area contributed by atoms with Gasteiger partial charge in [0.1, 0.15) is 11.6 Å². The summed E-state index contributed by atoms with van der Waals surface area (Å²) in [7, 11) is 3.48. The second-order valence-corrected chi connectivity index (χ2v) is 6.87. The van der Waals surface area contributed by atoms with Crippen LogP contribution in [0.25, 0.3) is 0 Å². The zero-order chi connectivity index (χ0) is 20.5. The molecular weight excluding hydrogens is 489 g/mol. The minimum absolute atomic E-state index is 0. The van der Waals surface area contributed by atoms with Crippen molar-refractivity contribution in [3.8, 4) is 5.75 Å². The number of benzene rings is 2. The van der Waals surface area contributed by atoms with E-state index in [0.717, 1.165) is 37.0 Å². The number of methoxy groups -OCH3 is 1. The molecule has 0 aliphatic rings. The van der Waals surface area contributed by atoms with E-state index in [2.05, 4.69) is 68.5 Å². The number of aliphatic imine (C=N–C) groups is 1. The molecule has 3 rings (SSSR count). The Labute approximate surface area is 195 Å². The van der Waals surface area contributed by atoms with Crippen molar-refractivity contribution in [1.82, 2.24) is 20.2 Å². The van der Waals surface area contributed by atoms with Crippen LogP contribution in [0, 0.1) is 6.92 Å². The van der Waals surface area contributed by atoms with E-state index in [0.29, 0.717) is 6.54 Å². The van der Waals surface area contributed by atoms with E-state index < -0.39 is 0 Å². The third-order valence-corrected chi connectivity index (χ3v) is 4.76. The normalized spacial score (nSPS) is 11.0. The molecule has 30 heavy (non-hydrogen) atoms. The molecule has 0 bridgehead atoms. The highest BCUT2D eigenvalue weighted by atomic mass is 127. The van der Waals surface area contributed by atoms with Crippen LogP contribution < -0.4 is 15.4 Å².